The number of hydrogen-bond acceptors (Lipinski definition) is 17. The summed E-state index contributed by atoms with van der Waals surface area (Å²) in [5.41, 5.74) is -2.89. The van der Waals surface area contributed by atoms with E-state index in [0.29, 0.717) is 17.5 Å². The van der Waals surface area contributed by atoms with Gasteiger partial charge in [0.05, 0.1) is 16.3 Å². The normalized spacial score (nSPS) is 12.5. The van der Waals surface area contributed by atoms with Gasteiger partial charge < -0.3 is 21.1 Å². The van der Waals surface area contributed by atoms with Crippen molar-refractivity contribution in [2.45, 2.75) is 19.6 Å². The van der Waals surface area contributed by atoms with Gasteiger partial charge in [-0.15, -0.1) is 10.2 Å². The fraction of sp³-hybridized carbons (Fsp3) is 0. The van der Waals surface area contributed by atoms with E-state index in [-0.39, 0.29) is 22.3 Å². The topological polar surface area (TPSA) is 354 Å². The van der Waals surface area contributed by atoms with Crippen LogP contribution in [0, 0.1) is 6.08 Å². The van der Waals surface area contributed by atoms with Crippen LogP contribution in [0.2, 0.25) is 0 Å². The first-order valence-corrected chi connectivity index (χ1v) is 22.9. The molecule has 0 bridgehead atoms. The van der Waals surface area contributed by atoms with E-state index < -0.39 is 118 Å². The van der Waals surface area contributed by atoms with Crippen molar-refractivity contribution >= 4 is 108 Å². The molecular formula is C36H25FN8O14S4. The summed E-state index contributed by atoms with van der Waals surface area (Å²) in [5.74, 6) is -3.24. The summed E-state index contributed by atoms with van der Waals surface area (Å²) in [5, 5.41) is 25.7. The summed E-state index contributed by atoms with van der Waals surface area (Å²) in [6.45, 7) is 0. The number of carbonyl (C=O) groups excluding carboxylic acids is 1. The Morgan fingerprint density at radius 2 is 1.25 bits per heavy atom. The predicted molar refractivity (Wildman–Crippen MR) is 220 cm³/mol. The van der Waals surface area contributed by atoms with Gasteiger partial charge in [-0.05, 0) is 65.4 Å². The third-order valence-corrected chi connectivity index (χ3v) is 12.3. The molecule has 0 atom stereocenters. The van der Waals surface area contributed by atoms with Gasteiger partial charge in [0, 0.05) is 22.0 Å². The van der Waals surface area contributed by atoms with Crippen molar-refractivity contribution in [1.29, 1.82) is 0 Å². The van der Waals surface area contributed by atoms with Crippen molar-refractivity contribution in [2.75, 3.05) is 16.0 Å². The van der Waals surface area contributed by atoms with Crippen LogP contribution >= 0.6 is 0 Å². The first-order valence-electron chi connectivity index (χ1n) is 17.1. The third-order valence-electron chi connectivity index (χ3n) is 8.73. The Kier molecular flexibility index (Phi) is 11.4. The maximum absolute atomic E-state index is 14.8. The Bertz CT molecular complexity index is 3550. The maximum atomic E-state index is 14.8. The molecule has 7 rings (SSSR count). The van der Waals surface area contributed by atoms with Gasteiger partial charge in [0.2, 0.25) is 11.9 Å². The van der Waals surface area contributed by atoms with E-state index in [1.165, 1.54) is 48.5 Å². The van der Waals surface area contributed by atoms with Crippen LogP contribution in [0.4, 0.5) is 44.7 Å². The van der Waals surface area contributed by atoms with Crippen molar-refractivity contribution < 1.29 is 66.2 Å². The number of nitrogens with zero attached hydrogens (tertiary/aromatic N) is 5. The molecule has 0 aliphatic rings. The fourth-order valence-corrected chi connectivity index (χ4v) is 8.78. The molecule has 0 unspecified atom stereocenters. The molecule has 8 N–H and O–H groups in total. The summed E-state index contributed by atoms with van der Waals surface area (Å²) >= 11 is 0. The van der Waals surface area contributed by atoms with Crippen molar-refractivity contribution in [2.24, 2.45) is 10.2 Å². The van der Waals surface area contributed by atoms with Crippen molar-refractivity contribution in [3.8, 4) is 5.75 Å². The number of azo groups is 1. The Morgan fingerprint density at radius 1 is 0.603 bits per heavy atom. The molecule has 7 aromatic rings. The van der Waals surface area contributed by atoms with Crippen LogP contribution in [0.15, 0.2) is 133 Å². The molecule has 1 heterocycles. The number of anilines is 5. The van der Waals surface area contributed by atoms with Crippen molar-refractivity contribution in [3.63, 3.8) is 0 Å². The first kappa shape index (κ1) is 44.0. The van der Waals surface area contributed by atoms with Crippen LogP contribution in [-0.4, -0.2) is 77.8 Å². The molecule has 324 valence electrons. The van der Waals surface area contributed by atoms with E-state index in [9.17, 15) is 66.2 Å². The smallest absolute Gasteiger partial charge is 0.315 e. The van der Waals surface area contributed by atoms with E-state index in [0.717, 1.165) is 24.3 Å². The summed E-state index contributed by atoms with van der Waals surface area (Å²) < 4.78 is 154. The highest BCUT2D eigenvalue weighted by atomic mass is 32.2. The quantitative estimate of drug-likeness (QED) is 0.0502. The molecule has 0 spiro atoms. The average Bonchev–Trinajstić information content (AvgIpc) is 3.18. The molecule has 0 saturated heterocycles. The lowest BCUT2D eigenvalue weighted by Crippen LogP contribution is -2.13. The lowest BCUT2D eigenvalue weighted by molar-refractivity contribution is 0.102. The predicted octanol–water partition coefficient (Wildman–Crippen LogP) is 6.16. The van der Waals surface area contributed by atoms with Gasteiger partial charge in [-0.3, -0.25) is 23.0 Å². The zero-order valence-corrected chi connectivity index (χ0v) is 34.2. The number of nitrogens with one attached hydrogen (secondary N) is 3. The van der Waals surface area contributed by atoms with Crippen LogP contribution in [0.3, 0.4) is 0 Å². The summed E-state index contributed by atoms with van der Waals surface area (Å²) in [4.78, 5) is 20.4. The van der Waals surface area contributed by atoms with E-state index in [1.807, 2.05) is 0 Å². The number of aromatic hydroxyl groups is 1. The minimum absolute atomic E-state index is 0.0340. The van der Waals surface area contributed by atoms with Crippen LogP contribution < -0.4 is 16.0 Å². The molecule has 1 aromatic heterocycles. The summed E-state index contributed by atoms with van der Waals surface area (Å²) in [7, 11) is -20.5. The number of amides is 1. The fourth-order valence-electron chi connectivity index (χ4n) is 6.11. The molecule has 0 aliphatic heterocycles. The van der Waals surface area contributed by atoms with Gasteiger partial charge in [0.15, 0.2) is 5.75 Å². The number of rotatable bonds is 12. The van der Waals surface area contributed by atoms with Crippen molar-refractivity contribution in [3.05, 3.63) is 115 Å². The number of carbonyl (C=O) groups is 1. The van der Waals surface area contributed by atoms with Crippen LogP contribution in [0.25, 0.3) is 21.5 Å². The van der Waals surface area contributed by atoms with Gasteiger partial charge in [0.25, 0.3) is 46.4 Å². The first-order chi connectivity index (χ1) is 29.5. The second-order valence-electron chi connectivity index (χ2n) is 12.9. The van der Waals surface area contributed by atoms with Crippen LogP contribution in [0.5, 0.6) is 5.75 Å². The Morgan fingerprint density at radius 3 is 1.90 bits per heavy atom. The number of phenolic OH excluding ortho intramolecular Hbond substituents is 1. The SMILES string of the molecule is O=C(Nc1cc(S(=O)(=O)O)cc2cc(S(=O)(=O)O)c(N=Nc3cc(Nc4nc(F)nc(Nc5ccc6ccccc6c5S(=O)(=O)O)n4)ccc3S(=O)(=O)O)c(O)c12)c1ccccc1. The molecule has 0 saturated carbocycles. The van der Waals surface area contributed by atoms with E-state index in [1.54, 1.807) is 18.2 Å². The molecule has 1 amide bonds. The summed E-state index contributed by atoms with van der Waals surface area (Å²) in [6.07, 6.45) is -1.42. The van der Waals surface area contributed by atoms with Crippen LogP contribution in [-0.2, 0) is 40.5 Å². The second-order valence-corrected chi connectivity index (χ2v) is 18.5. The van der Waals surface area contributed by atoms with Gasteiger partial charge >= 0.3 is 6.08 Å². The summed E-state index contributed by atoms with van der Waals surface area (Å²) in [6, 6.07) is 20.8. The van der Waals surface area contributed by atoms with Crippen molar-refractivity contribution in [1.82, 2.24) is 15.0 Å². The minimum Gasteiger partial charge on any atom is -0.505 e. The monoisotopic (exact) mass is 940 g/mol. The van der Waals surface area contributed by atoms with Gasteiger partial charge in [-0.2, -0.15) is 53.0 Å². The molecule has 27 heteroatoms. The molecule has 0 radical (unpaired) electrons. The van der Waals surface area contributed by atoms with E-state index in [4.69, 9.17) is 0 Å². The number of phenols is 1. The zero-order valence-electron chi connectivity index (χ0n) is 31.0. The average molecular weight is 941 g/mol. The second kappa shape index (κ2) is 16.3. The van der Waals surface area contributed by atoms with Gasteiger partial charge in [-0.1, -0.05) is 48.5 Å². The lowest BCUT2D eigenvalue weighted by atomic mass is 10.1. The Labute approximate surface area is 354 Å². The molecule has 6 aromatic carbocycles. The Balaban J connectivity index is 1.31. The Hall–Kier alpha value is -7.11. The highest BCUT2D eigenvalue weighted by molar-refractivity contribution is 7.86. The number of halogens is 1. The highest BCUT2D eigenvalue weighted by Crippen LogP contribution is 2.46. The van der Waals surface area contributed by atoms with E-state index in [2.05, 4.69) is 41.1 Å². The number of fused-ring (bicyclic) bond motifs is 2. The van der Waals surface area contributed by atoms with Crippen LogP contribution in [0.1, 0.15) is 10.4 Å². The number of aromatic nitrogens is 3. The van der Waals surface area contributed by atoms with Gasteiger partial charge in [0.1, 0.15) is 26.1 Å². The third kappa shape index (κ3) is 9.54. The number of benzene rings is 6. The van der Waals surface area contributed by atoms with E-state index >= 15 is 0 Å². The molecular weight excluding hydrogens is 916 g/mol. The lowest BCUT2D eigenvalue weighted by Gasteiger charge is -2.15. The maximum Gasteiger partial charge on any atom is 0.315 e. The molecule has 0 fully saturated rings. The zero-order chi connectivity index (χ0) is 45.6. The minimum atomic E-state index is -5.42. The highest BCUT2D eigenvalue weighted by Gasteiger charge is 2.27. The van der Waals surface area contributed by atoms with Gasteiger partial charge in [-0.25, -0.2) is 0 Å². The number of hydrogen-bond donors (Lipinski definition) is 8. The standard InChI is InChI=1S/C36H25FN8O14S4/c37-34-41-35(43-36(42-34)40-24-12-10-18-6-4-5-9-23(18)32(24)63(57,58)59)38-21-11-13-27(61(51,52)53)25(16-21)44-45-30-28(62(54,55)56)15-20-14-22(60(48,49)50)17-26(29(20)31(30)46)39-33(47)19-7-2-1-3-8-19/h1-17,46H,(H,39,47)(H,48,49,50)(H,51,52,53)(H,54,55,56)(H,57,58,59)(H2,38,40,41,42,43). The molecule has 0 aliphatic carbocycles. The molecule has 22 nitrogen and oxygen atoms in total. The largest absolute Gasteiger partial charge is 0.505 e. The molecule has 63 heavy (non-hydrogen) atoms.